The van der Waals surface area contributed by atoms with Crippen molar-refractivity contribution in [3.05, 3.63) is 17.7 Å². The van der Waals surface area contributed by atoms with Crippen LogP contribution in [0.3, 0.4) is 0 Å². The van der Waals surface area contributed by atoms with Gasteiger partial charge in [0, 0.05) is 37.2 Å². The predicted octanol–water partition coefficient (Wildman–Crippen LogP) is 1.27. The molecule has 3 unspecified atom stereocenters. The fraction of sp³-hybridized carbons (Fsp3) is 0.800. The van der Waals surface area contributed by atoms with Crippen LogP contribution in [0.25, 0.3) is 0 Å². The normalized spacial score (nSPS) is 35.1. The standard InChI is InChI=1S/C15H25N5/c1-2-4-10(5-3-1)13-11(8-19-20-13)14-15-12(6-7-16-14)17-9-18-15/h9-11,13-14,16,19-20H,1-8H2,(H,17,18). The molecule has 110 valence electrons. The van der Waals surface area contributed by atoms with Crippen molar-refractivity contribution in [2.24, 2.45) is 11.8 Å². The molecule has 3 heterocycles. The van der Waals surface area contributed by atoms with Gasteiger partial charge < -0.3 is 10.3 Å². The molecular weight excluding hydrogens is 250 g/mol. The third kappa shape index (κ3) is 2.18. The van der Waals surface area contributed by atoms with Gasteiger partial charge in [-0.25, -0.2) is 4.98 Å². The SMILES string of the molecule is c1nc2c([nH]1)CCNC2C1CNNC1C1CCCCC1. The monoisotopic (exact) mass is 275 g/mol. The Hall–Kier alpha value is -0.910. The van der Waals surface area contributed by atoms with Gasteiger partial charge in [-0.1, -0.05) is 19.3 Å². The molecule has 5 nitrogen and oxygen atoms in total. The summed E-state index contributed by atoms with van der Waals surface area (Å²) in [5, 5.41) is 3.71. The minimum absolute atomic E-state index is 0.402. The van der Waals surface area contributed by atoms with Crippen molar-refractivity contribution < 1.29 is 0 Å². The van der Waals surface area contributed by atoms with Crippen molar-refractivity contribution in [2.75, 3.05) is 13.1 Å². The molecular formula is C15H25N5. The van der Waals surface area contributed by atoms with Gasteiger partial charge in [0.05, 0.1) is 18.1 Å². The van der Waals surface area contributed by atoms with Crippen LogP contribution in [0.2, 0.25) is 0 Å². The van der Waals surface area contributed by atoms with Crippen molar-refractivity contribution in [1.82, 2.24) is 26.1 Å². The van der Waals surface area contributed by atoms with E-state index in [1.807, 2.05) is 6.33 Å². The molecule has 0 spiro atoms. The Morgan fingerprint density at radius 3 is 2.95 bits per heavy atom. The summed E-state index contributed by atoms with van der Waals surface area (Å²) < 4.78 is 0. The van der Waals surface area contributed by atoms with Crippen molar-refractivity contribution in [1.29, 1.82) is 0 Å². The van der Waals surface area contributed by atoms with Crippen molar-refractivity contribution >= 4 is 0 Å². The van der Waals surface area contributed by atoms with E-state index in [1.165, 1.54) is 43.5 Å². The smallest absolute Gasteiger partial charge is 0.0925 e. The van der Waals surface area contributed by atoms with Crippen LogP contribution in [0.15, 0.2) is 6.33 Å². The molecule has 20 heavy (non-hydrogen) atoms. The van der Waals surface area contributed by atoms with E-state index in [0.29, 0.717) is 18.0 Å². The molecule has 1 saturated heterocycles. The van der Waals surface area contributed by atoms with Crippen LogP contribution < -0.4 is 16.2 Å². The maximum absolute atomic E-state index is 4.59. The average Bonchev–Trinajstić information content (AvgIpc) is 3.16. The Bertz CT molecular complexity index is 451. The summed E-state index contributed by atoms with van der Waals surface area (Å²) in [6.45, 7) is 2.11. The van der Waals surface area contributed by atoms with Crippen LogP contribution in [0.5, 0.6) is 0 Å². The van der Waals surface area contributed by atoms with Gasteiger partial charge in [-0.2, -0.15) is 0 Å². The maximum atomic E-state index is 4.59. The summed E-state index contributed by atoms with van der Waals surface area (Å²) in [4.78, 5) is 7.90. The Morgan fingerprint density at radius 1 is 1.15 bits per heavy atom. The van der Waals surface area contributed by atoms with E-state index < -0.39 is 0 Å². The predicted molar refractivity (Wildman–Crippen MR) is 78.0 cm³/mol. The lowest BCUT2D eigenvalue weighted by atomic mass is 9.76. The fourth-order valence-electron chi connectivity index (χ4n) is 4.42. The van der Waals surface area contributed by atoms with Crippen molar-refractivity contribution in [3.63, 3.8) is 0 Å². The van der Waals surface area contributed by atoms with Crippen LogP contribution in [0.1, 0.15) is 49.5 Å². The quantitative estimate of drug-likeness (QED) is 0.656. The van der Waals surface area contributed by atoms with Gasteiger partial charge in [0.15, 0.2) is 0 Å². The molecule has 1 saturated carbocycles. The molecule has 0 bridgehead atoms. The number of aromatic nitrogens is 2. The summed E-state index contributed by atoms with van der Waals surface area (Å²) in [6, 6.07) is 0.995. The number of H-pyrrole nitrogens is 1. The second-order valence-corrected chi connectivity index (χ2v) is 6.56. The van der Waals surface area contributed by atoms with Gasteiger partial charge in [0.25, 0.3) is 0 Å². The average molecular weight is 275 g/mol. The zero-order valence-corrected chi connectivity index (χ0v) is 12.0. The zero-order valence-electron chi connectivity index (χ0n) is 12.0. The molecule has 5 heteroatoms. The first-order valence-corrected chi connectivity index (χ1v) is 8.17. The van der Waals surface area contributed by atoms with Crippen LogP contribution in [-0.2, 0) is 6.42 Å². The highest BCUT2D eigenvalue weighted by Gasteiger charge is 2.41. The Balaban J connectivity index is 1.55. The van der Waals surface area contributed by atoms with Gasteiger partial charge in [-0.3, -0.25) is 10.9 Å². The number of hydrogen-bond donors (Lipinski definition) is 4. The maximum Gasteiger partial charge on any atom is 0.0925 e. The summed E-state index contributed by atoms with van der Waals surface area (Å²) >= 11 is 0. The molecule has 3 aliphatic rings. The van der Waals surface area contributed by atoms with E-state index in [9.17, 15) is 0 Å². The molecule has 4 rings (SSSR count). The first kappa shape index (κ1) is 12.8. The number of rotatable bonds is 2. The Morgan fingerprint density at radius 2 is 2.05 bits per heavy atom. The molecule has 2 fully saturated rings. The summed E-state index contributed by atoms with van der Waals surface area (Å²) in [6.07, 6.45) is 9.94. The molecule has 0 aromatic carbocycles. The van der Waals surface area contributed by atoms with Crippen LogP contribution in [0.4, 0.5) is 0 Å². The van der Waals surface area contributed by atoms with Crippen molar-refractivity contribution in [2.45, 2.75) is 50.6 Å². The number of hydrazine groups is 1. The minimum Gasteiger partial charge on any atom is -0.348 e. The second-order valence-electron chi connectivity index (χ2n) is 6.56. The van der Waals surface area contributed by atoms with E-state index in [0.717, 1.165) is 25.4 Å². The molecule has 1 aromatic heterocycles. The first-order valence-electron chi connectivity index (χ1n) is 8.17. The number of aromatic amines is 1. The van der Waals surface area contributed by atoms with E-state index in [1.54, 1.807) is 0 Å². The number of hydrogen-bond acceptors (Lipinski definition) is 4. The van der Waals surface area contributed by atoms with Crippen molar-refractivity contribution in [3.8, 4) is 0 Å². The molecule has 1 aromatic rings. The van der Waals surface area contributed by atoms with Crippen LogP contribution in [-0.4, -0.2) is 29.1 Å². The summed E-state index contributed by atoms with van der Waals surface area (Å²) in [5.74, 6) is 1.44. The van der Waals surface area contributed by atoms with Gasteiger partial charge in [-0.15, -0.1) is 0 Å². The van der Waals surface area contributed by atoms with E-state index >= 15 is 0 Å². The first-order chi connectivity index (χ1) is 9.93. The Labute approximate surface area is 120 Å². The van der Waals surface area contributed by atoms with E-state index in [-0.39, 0.29) is 0 Å². The van der Waals surface area contributed by atoms with E-state index in [2.05, 4.69) is 26.1 Å². The highest BCUT2D eigenvalue weighted by Crippen LogP contribution is 2.37. The summed E-state index contributed by atoms with van der Waals surface area (Å²) in [5.41, 5.74) is 9.57. The van der Waals surface area contributed by atoms with Gasteiger partial charge >= 0.3 is 0 Å². The number of nitrogens with one attached hydrogen (secondary N) is 4. The highest BCUT2D eigenvalue weighted by atomic mass is 15.4. The van der Waals surface area contributed by atoms with Gasteiger partial charge in [-0.05, 0) is 18.8 Å². The lowest BCUT2D eigenvalue weighted by Gasteiger charge is -2.36. The number of fused-ring (bicyclic) bond motifs is 1. The molecule has 1 aliphatic carbocycles. The van der Waals surface area contributed by atoms with Gasteiger partial charge in [0.2, 0.25) is 0 Å². The highest BCUT2D eigenvalue weighted by molar-refractivity contribution is 5.21. The Kier molecular flexibility index (Phi) is 3.50. The third-order valence-corrected chi connectivity index (χ3v) is 5.44. The zero-order chi connectivity index (χ0) is 13.4. The number of nitrogens with zero attached hydrogens (tertiary/aromatic N) is 1. The second kappa shape index (κ2) is 5.47. The summed E-state index contributed by atoms with van der Waals surface area (Å²) in [7, 11) is 0. The fourth-order valence-corrected chi connectivity index (χ4v) is 4.42. The molecule has 2 aliphatic heterocycles. The van der Waals surface area contributed by atoms with Gasteiger partial charge in [0.1, 0.15) is 0 Å². The minimum atomic E-state index is 0.402. The topological polar surface area (TPSA) is 64.8 Å². The third-order valence-electron chi connectivity index (χ3n) is 5.44. The lowest BCUT2D eigenvalue weighted by molar-refractivity contribution is 0.212. The molecule has 4 N–H and O–H groups in total. The molecule has 3 atom stereocenters. The molecule has 0 radical (unpaired) electrons. The van der Waals surface area contributed by atoms with E-state index in [4.69, 9.17) is 0 Å². The largest absolute Gasteiger partial charge is 0.348 e. The number of imidazole rings is 1. The molecule has 0 amide bonds. The van der Waals surface area contributed by atoms with Crippen LogP contribution >= 0.6 is 0 Å². The lowest BCUT2D eigenvalue weighted by Crippen LogP contribution is -2.45. The van der Waals surface area contributed by atoms with Crippen LogP contribution in [0, 0.1) is 11.8 Å².